The molecule has 0 saturated heterocycles. The highest BCUT2D eigenvalue weighted by molar-refractivity contribution is 5.94. The number of aromatic nitrogens is 3. The van der Waals surface area contributed by atoms with E-state index in [0.29, 0.717) is 5.58 Å². The number of fused-ring (bicyclic) bond motifs is 1. The molecule has 5 nitrogen and oxygen atoms in total. The molecular weight excluding hydrogens is 312 g/mol. The van der Waals surface area contributed by atoms with Crippen LogP contribution in [0.25, 0.3) is 22.4 Å². The molecule has 1 aliphatic carbocycles. The van der Waals surface area contributed by atoms with Crippen molar-refractivity contribution >= 4 is 16.9 Å². The Labute approximate surface area is 147 Å². The second-order valence-corrected chi connectivity index (χ2v) is 7.16. The van der Waals surface area contributed by atoms with Crippen LogP contribution in [0, 0.1) is 26.7 Å². The van der Waals surface area contributed by atoms with Crippen molar-refractivity contribution in [3.63, 3.8) is 0 Å². The SMILES string of the molecule is Cc1ccc(-c2noc3c(NCCCC4CC4)nc(C)nc23)c(C)c1. The van der Waals surface area contributed by atoms with Gasteiger partial charge in [-0.3, -0.25) is 0 Å². The largest absolute Gasteiger partial charge is 0.367 e. The van der Waals surface area contributed by atoms with E-state index < -0.39 is 0 Å². The number of hydrogen-bond acceptors (Lipinski definition) is 5. The van der Waals surface area contributed by atoms with Crippen molar-refractivity contribution in [2.75, 3.05) is 11.9 Å². The predicted octanol–water partition coefficient (Wildman–Crippen LogP) is 4.81. The lowest BCUT2D eigenvalue weighted by molar-refractivity contribution is 0.459. The predicted molar refractivity (Wildman–Crippen MR) is 99.7 cm³/mol. The van der Waals surface area contributed by atoms with Crippen LogP contribution >= 0.6 is 0 Å². The third kappa shape index (κ3) is 3.36. The van der Waals surface area contributed by atoms with Crippen LogP contribution in [-0.4, -0.2) is 21.7 Å². The third-order valence-corrected chi connectivity index (χ3v) is 4.85. The molecule has 25 heavy (non-hydrogen) atoms. The Bertz CT molecular complexity index is 911. The molecule has 1 N–H and O–H groups in total. The maximum Gasteiger partial charge on any atom is 0.228 e. The minimum Gasteiger partial charge on any atom is -0.367 e. The normalized spacial score (nSPS) is 14.2. The Hall–Kier alpha value is -2.43. The van der Waals surface area contributed by atoms with Crippen LogP contribution in [0.2, 0.25) is 0 Å². The fraction of sp³-hybridized carbons (Fsp3) is 0.450. The number of anilines is 1. The van der Waals surface area contributed by atoms with Gasteiger partial charge < -0.3 is 9.84 Å². The minimum absolute atomic E-state index is 0.645. The molecule has 130 valence electrons. The number of aryl methyl sites for hydroxylation is 3. The number of hydrogen-bond donors (Lipinski definition) is 1. The zero-order valence-electron chi connectivity index (χ0n) is 15.1. The highest BCUT2D eigenvalue weighted by Crippen LogP contribution is 2.34. The molecule has 5 heteroatoms. The van der Waals surface area contributed by atoms with Gasteiger partial charge >= 0.3 is 0 Å². The van der Waals surface area contributed by atoms with Crippen LogP contribution in [0.5, 0.6) is 0 Å². The molecule has 0 bridgehead atoms. The Balaban J connectivity index is 1.65. The summed E-state index contributed by atoms with van der Waals surface area (Å²) in [6.45, 7) is 7.00. The lowest BCUT2D eigenvalue weighted by Crippen LogP contribution is -2.05. The lowest BCUT2D eigenvalue weighted by atomic mass is 10.0. The first kappa shape index (κ1) is 16.1. The first-order chi connectivity index (χ1) is 12.1. The van der Waals surface area contributed by atoms with Gasteiger partial charge in [-0.25, -0.2) is 9.97 Å². The molecule has 0 spiro atoms. The highest BCUT2D eigenvalue weighted by atomic mass is 16.5. The van der Waals surface area contributed by atoms with Crippen molar-refractivity contribution in [2.45, 2.75) is 46.5 Å². The molecule has 4 rings (SSSR count). The van der Waals surface area contributed by atoms with Gasteiger partial charge in [-0.2, -0.15) is 0 Å². The van der Waals surface area contributed by atoms with E-state index in [0.717, 1.165) is 47.3 Å². The Morgan fingerprint density at radius 1 is 1.16 bits per heavy atom. The molecule has 2 heterocycles. The molecule has 1 aliphatic rings. The lowest BCUT2D eigenvalue weighted by Gasteiger charge is -2.07. The Morgan fingerprint density at radius 3 is 2.76 bits per heavy atom. The summed E-state index contributed by atoms with van der Waals surface area (Å²) >= 11 is 0. The molecule has 0 radical (unpaired) electrons. The molecule has 1 saturated carbocycles. The van der Waals surface area contributed by atoms with E-state index in [1.807, 2.05) is 6.92 Å². The van der Waals surface area contributed by atoms with Gasteiger partial charge in [0.15, 0.2) is 5.82 Å². The number of nitrogens with one attached hydrogen (secondary N) is 1. The van der Waals surface area contributed by atoms with Crippen molar-refractivity contribution in [3.05, 3.63) is 35.2 Å². The summed E-state index contributed by atoms with van der Waals surface area (Å²) in [5.74, 6) is 2.43. The molecule has 0 amide bonds. The summed E-state index contributed by atoms with van der Waals surface area (Å²) in [7, 11) is 0. The highest BCUT2D eigenvalue weighted by Gasteiger charge is 2.21. The van der Waals surface area contributed by atoms with Crippen LogP contribution in [0.15, 0.2) is 22.7 Å². The molecule has 0 atom stereocenters. The second-order valence-electron chi connectivity index (χ2n) is 7.16. The van der Waals surface area contributed by atoms with Crippen LogP contribution < -0.4 is 5.32 Å². The van der Waals surface area contributed by atoms with E-state index in [9.17, 15) is 0 Å². The van der Waals surface area contributed by atoms with Gasteiger partial charge in [-0.15, -0.1) is 0 Å². The van der Waals surface area contributed by atoms with Crippen molar-refractivity contribution in [2.24, 2.45) is 5.92 Å². The zero-order valence-corrected chi connectivity index (χ0v) is 15.1. The first-order valence-corrected chi connectivity index (χ1v) is 9.07. The van der Waals surface area contributed by atoms with Crippen LogP contribution in [0.3, 0.4) is 0 Å². The van der Waals surface area contributed by atoms with E-state index in [1.165, 1.54) is 30.4 Å². The average molecular weight is 336 g/mol. The topological polar surface area (TPSA) is 63.8 Å². The zero-order chi connectivity index (χ0) is 17.4. The van der Waals surface area contributed by atoms with Crippen molar-refractivity contribution in [1.82, 2.24) is 15.1 Å². The smallest absolute Gasteiger partial charge is 0.228 e. The minimum atomic E-state index is 0.645. The Kier molecular flexibility index (Phi) is 4.15. The maximum atomic E-state index is 5.63. The quantitative estimate of drug-likeness (QED) is 0.654. The van der Waals surface area contributed by atoms with Crippen molar-refractivity contribution in [3.8, 4) is 11.3 Å². The van der Waals surface area contributed by atoms with Crippen molar-refractivity contribution in [1.29, 1.82) is 0 Å². The van der Waals surface area contributed by atoms with E-state index in [4.69, 9.17) is 4.52 Å². The fourth-order valence-corrected chi connectivity index (χ4v) is 3.32. The summed E-state index contributed by atoms with van der Waals surface area (Å²) in [5.41, 5.74) is 5.68. The molecule has 3 aromatic rings. The van der Waals surface area contributed by atoms with E-state index in [2.05, 4.69) is 52.5 Å². The summed E-state index contributed by atoms with van der Waals surface area (Å²) < 4.78 is 5.63. The van der Waals surface area contributed by atoms with Crippen molar-refractivity contribution < 1.29 is 4.52 Å². The van der Waals surface area contributed by atoms with Crippen LogP contribution in [0.1, 0.15) is 42.6 Å². The van der Waals surface area contributed by atoms with Crippen LogP contribution in [-0.2, 0) is 0 Å². The number of benzene rings is 1. The molecule has 2 aromatic heterocycles. The number of nitrogens with zero attached hydrogens (tertiary/aromatic N) is 3. The summed E-state index contributed by atoms with van der Waals surface area (Å²) in [4.78, 5) is 9.12. The maximum absolute atomic E-state index is 5.63. The summed E-state index contributed by atoms with van der Waals surface area (Å²) in [5, 5.41) is 7.72. The van der Waals surface area contributed by atoms with Crippen LogP contribution in [0.4, 0.5) is 5.82 Å². The first-order valence-electron chi connectivity index (χ1n) is 9.07. The van der Waals surface area contributed by atoms with Gasteiger partial charge in [-0.1, -0.05) is 41.8 Å². The molecule has 1 aromatic carbocycles. The van der Waals surface area contributed by atoms with Gasteiger partial charge in [0.05, 0.1) is 0 Å². The summed E-state index contributed by atoms with van der Waals surface area (Å²) in [6, 6.07) is 6.33. The summed E-state index contributed by atoms with van der Waals surface area (Å²) in [6.07, 6.45) is 5.26. The fourth-order valence-electron chi connectivity index (χ4n) is 3.32. The molecule has 1 fully saturated rings. The third-order valence-electron chi connectivity index (χ3n) is 4.85. The average Bonchev–Trinajstić information content (AvgIpc) is 3.30. The van der Waals surface area contributed by atoms with Gasteiger partial charge in [0.25, 0.3) is 0 Å². The van der Waals surface area contributed by atoms with E-state index in [-0.39, 0.29) is 0 Å². The van der Waals surface area contributed by atoms with Gasteiger partial charge in [0, 0.05) is 12.1 Å². The van der Waals surface area contributed by atoms with E-state index in [1.54, 1.807) is 0 Å². The van der Waals surface area contributed by atoms with E-state index >= 15 is 0 Å². The van der Waals surface area contributed by atoms with Gasteiger partial charge in [0.1, 0.15) is 17.0 Å². The standard InChI is InChI=1S/C20H24N4O/c1-12-6-9-16(13(2)11-12)17-18-19(25-24-17)20(23-14(3)22-18)21-10-4-5-15-7-8-15/h6,9,11,15H,4-5,7-8,10H2,1-3H3,(H,21,22,23). The number of rotatable bonds is 6. The Morgan fingerprint density at radius 2 is 2.00 bits per heavy atom. The van der Waals surface area contributed by atoms with Gasteiger partial charge in [-0.05, 0) is 45.1 Å². The second kappa shape index (κ2) is 6.47. The molecule has 0 aliphatic heterocycles. The molecule has 0 unspecified atom stereocenters. The van der Waals surface area contributed by atoms with Gasteiger partial charge in [0.2, 0.25) is 5.58 Å². The monoisotopic (exact) mass is 336 g/mol. The molecular formula is C20H24N4O.